The second-order valence-corrected chi connectivity index (χ2v) is 8.62. The Morgan fingerprint density at radius 3 is 2.62 bits per heavy atom. The van der Waals surface area contributed by atoms with Crippen LogP contribution in [0.4, 0.5) is 4.79 Å². The van der Waals surface area contributed by atoms with E-state index in [0.717, 1.165) is 38.8 Å². The molecule has 0 aromatic carbocycles. The summed E-state index contributed by atoms with van der Waals surface area (Å²) in [5, 5.41) is 13.4. The standard InChI is InChI=1S/C19H36N2O3/c1-14(20-17-10-6-5-8-16(17)13-22)15-9-7-11-21(12-15)18(23)24-19(2,3)4/h14-17,20,22H,5-13H2,1-4H3. The van der Waals surface area contributed by atoms with Gasteiger partial charge in [0.25, 0.3) is 0 Å². The van der Waals surface area contributed by atoms with Crippen LogP contribution in [0.2, 0.25) is 0 Å². The van der Waals surface area contributed by atoms with Crippen molar-refractivity contribution in [2.24, 2.45) is 11.8 Å². The van der Waals surface area contributed by atoms with Gasteiger partial charge in [0.05, 0.1) is 0 Å². The van der Waals surface area contributed by atoms with Crippen molar-refractivity contribution in [2.45, 2.75) is 83.9 Å². The lowest BCUT2D eigenvalue weighted by Crippen LogP contribution is -2.52. The number of aliphatic hydroxyl groups excluding tert-OH is 1. The topological polar surface area (TPSA) is 61.8 Å². The van der Waals surface area contributed by atoms with Crippen LogP contribution < -0.4 is 5.32 Å². The van der Waals surface area contributed by atoms with Crippen molar-refractivity contribution in [2.75, 3.05) is 19.7 Å². The van der Waals surface area contributed by atoms with Gasteiger partial charge in [-0.25, -0.2) is 4.79 Å². The predicted molar refractivity (Wildman–Crippen MR) is 96.0 cm³/mol. The van der Waals surface area contributed by atoms with E-state index in [0.29, 0.717) is 23.9 Å². The number of ether oxygens (including phenoxy) is 1. The van der Waals surface area contributed by atoms with Gasteiger partial charge in [-0.1, -0.05) is 12.8 Å². The van der Waals surface area contributed by atoms with Gasteiger partial charge in [0.15, 0.2) is 0 Å². The molecular weight excluding hydrogens is 304 g/mol. The Labute approximate surface area is 147 Å². The van der Waals surface area contributed by atoms with E-state index < -0.39 is 5.60 Å². The van der Waals surface area contributed by atoms with Gasteiger partial charge in [0.1, 0.15) is 5.60 Å². The van der Waals surface area contributed by atoms with Gasteiger partial charge in [-0.05, 0) is 65.2 Å². The molecule has 5 heteroatoms. The molecule has 0 aromatic heterocycles. The molecule has 1 aliphatic heterocycles. The number of carbonyl (C=O) groups excluding carboxylic acids is 1. The lowest BCUT2D eigenvalue weighted by molar-refractivity contribution is 0.0140. The zero-order chi connectivity index (χ0) is 17.7. The van der Waals surface area contributed by atoms with Crippen molar-refractivity contribution in [1.82, 2.24) is 10.2 Å². The fourth-order valence-corrected chi connectivity index (χ4v) is 4.03. The summed E-state index contributed by atoms with van der Waals surface area (Å²) >= 11 is 0. The van der Waals surface area contributed by atoms with Crippen LogP contribution in [-0.4, -0.2) is 53.5 Å². The van der Waals surface area contributed by atoms with Gasteiger partial charge >= 0.3 is 6.09 Å². The third-order valence-corrected chi connectivity index (χ3v) is 5.44. The third-order valence-electron chi connectivity index (χ3n) is 5.44. The fraction of sp³-hybridized carbons (Fsp3) is 0.947. The number of amides is 1. The van der Waals surface area contributed by atoms with Gasteiger partial charge in [-0.2, -0.15) is 0 Å². The number of carbonyl (C=O) groups is 1. The summed E-state index contributed by atoms with van der Waals surface area (Å²) in [7, 11) is 0. The van der Waals surface area contributed by atoms with Crippen molar-refractivity contribution in [3.63, 3.8) is 0 Å². The SMILES string of the molecule is CC(NC1CCCCC1CO)C1CCCN(C(=O)OC(C)(C)C)C1. The summed E-state index contributed by atoms with van der Waals surface area (Å²) in [5.41, 5.74) is -0.440. The van der Waals surface area contributed by atoms with Crippen molar-refractivity contribution in [1.29, 1.82) is 0 Å². The summed E-state index contributed by atoms with van der Waals surface area (Å²) in [5.74, 6) is 0.833. The third kappa shape index (κ3) is 5.62. The minimum Gasteiger partial charge on any atom is -0.444 e. The van der Waals surface area contributed by atoms with E-state index in [1.165, 1.54) is 12.8 Å². The predicted octanol–water partition coefficient (Wildman–Crippen LogP) is 3.16. The summed E-state index contributed by atoms with van der Waals surface area (Å²) in [6.07, 6.45) is 6.73. The lowest BCUT2D eigenvalue weighted by atomic mass is 9.83. The van der Waals surface area contributed by atoms with Crippen LogP contribution in [0.1, 0.15) is 66.2 Å². The molecule has 5 nitrogen and oxygen atoms in total. The van der Waals surface area contributed by atoms with Crippen LogP contribution in [0.3, 0.4) is 0 Å². The Morgan fingerprint density at radius 1 is 1.25 bits per heavy atom. The molecule has 0 spiro atoms. The highest BCUT2D eigenvalue weighted by atomic mass is 16.6. The van der Waals surface area contributed by atoms with Gasteiger partial charge < -0.3 is 20.1 Å². The monoisotopic (exact) mass is 340 g/mol. The number of piperidine rings is 1. The minimum absolute atomic E-state index is 0.190. The summed E-state index contributed by atoms with van der Waals surface area (Å²) in [6.45, 7) is 9.80. The molecule has 2 fully saturated rings. The molecule has 1 heterocycles. The van der Waals surface area contributed by atoms with E-state index in [-0.39, 0.29) is 12.7 Å². The van der Waals surface area contributed by atoms with Crippen LogP contribution in [-0.2, 0) is 4.74 Å². The first-order valence-corrected chi connectivity index (χ1v) is 9.65. The second kappa shape index (κ2) is 8.52. The smallest absolute Gasteiger partial charge is 0.410 e. The number of rotatable bonds is 4. The highest BCUT2D eigenvalue weighted by Gasteiger charge is 2.32. The number of likely N-dealkylation sites (tertiary alicyclic amines) is 1. The van der Waals surface area contributed by atoms with Gasteiger partial charge in [0, 0.05) is 31.8 Å². The Kier molecular flexibility index (Phi) is 6.93. The molecule has 0 radical (unpaired) electrons. The van der Waals surface area contributed by atoms with Crippen molar-refractivity contribution < 1.29 is 14.6 Å². The first-order valence-electron chi connectivity index (χ1n) is 9.65. The number of nitrogens with one attached hydrogen (secondary N) is 1. The first kappa shape index (κ1) is 19.5. The number of aliphatic hydroxyl groups is 1. The molecule has 2 N–H and O–H groups in total. The zero-order valence-corrected chi connectivity index (χ0v) is 15.9. The molecule has 2 aliphatic rings. The summed E-state index contributed by atoms with van der Waals surface area (Å²) in [6, 6.07) is 0.767. The van der Waals surface area contributed by atoms with E-state index in [2.05, 4.69) is 12.2 Å². The second-order valence-electron chi connectivity index (χ2n) is 8.62. The molecule has 0 aromatic rings. The van der Waals surface area contributed by atoms with E-state index >= 15 is 0 Å². The Bertz CT molecular complexity index is 408. The van der Waals surface area contributed by atoms with E-state index in [9.17, 15) is 9.90 Å². The van der Waals surface area contributed by atoms with E-state index in [4.69, 9.17) is 4.74 Å². The molecule has 1 amide bonds. The van der Waals surface area contributed by atoms with Gasteiger partial charge in [-0.3, -0.25) is 0 Å². The molecular formula is C19H36N2O3. The maximum Gasteiger partial charge on any atom is 0.410 e. The molecule has 0 bridgehead atoms. The Hall–Kier alpha value is -0.810. The summed E-state index contributed by atoms with van der Waals surface area (Å²) in [4.78, 5) is 14.2. The van der Waals surface area contributed by atoms with Crippen LogP contribution in [0.15, 0.2) is 0 Å². The minimum atomic E-state index is -0.440. The van der Waals surface area contributed by atoms with Gasteiger partial charge in [-0.15, -0.1) is 0 Å². The van der Waals surface area contributed by atoms with Crippen LogP contribution in [0.5, 0.6) is 0 Å². The number of hydrogen-bond acceptors (Lipinski definition) is 4. The van der Waals surface area contributed by atoms with Crippen LogP contribution >= 0.6 is 0 Å². The molecule has 1 aliphatic carbocycles. The zero-order valence-electron chi connectivity index (χ0n) is 15.9. The summed E-state index contributed by atoms with van der Waals surface area (Å²) < 4.78 is 5.52. The molecule has 4 atom stereocenters. The maximum absolute atomic E-state index is 12.3. The number of nitrogens with zero attached hydrogens (tertiary/aromatic N) is 1. The Balaban J connectivity index is 1.87. The van der Waals surface area contributed by atoms with E-state index in [1.54, 1.807) is 0 Å². The average molecular weight is 341 g/mol. The largest absolute Gasteiger partial charge is 0.444 e. The molecule has 1 saturated carbocycles. The average Bonchev–Trinajstić information content (AvgIpc) is 2.54. The normalized spacial score (nSPS) is 30.0. The Morgan fingerprint density at radius 2 is 1.96 bits per heavy atom. The fourth-order valence-electron chi connectivity index (χ4n) is 4.03. The lowest BCUT2D eigenvalue weighted by Gasteiger charge is -2.40. The molecule has 2 rings (SSSR count). The first-order chi connectivity index (χ1) is 11.3. The molecule has 24 heavy (non-hydrogen) atoms. The highest BCUT2D eigenvalue weighted by Crippen LogP contribution is 2.27. The maximum atomic E-state index is 12.3. The quantitative estimate of drug-likeness (QED) is 0.825. The van der Waals surface area contributed by atoms with Crippen LogP contribution in [0.25, 0.3) is 0 Å². The molecule has 140 valence electrons. The van der Waals surface area contributed by atoms with Crippen molar-refractivity contribution in [3.8, 4) is 0 Å². The molecule has 1 saturated heterocycles. The van der Waals surface area contributed by atoms with Crippen molar-refractivity contribution in [3.05, 3.63) is 0 Å². The van der Waals surface area contributed by atoms with E-state index in [1.807, 2.05) is 25.7 Å². The van der Waals surface area contributed by atoms with Crippen molar-refractivity contribution >= 4 is 6.09 Å². The van der Waals surface area contributed by atoms with Crippen LogP contribution in [0, 0.1) is 11.8 Å². The number of hydrogen-bond donors (Lipinski definition) is 2. The van der Waals surface area contributed by atoms with Gasteiger partial charge in [0.2, 0.25) is 0 Å². The molecule has 4 unspecified atom stereocenters. The highest BCUT2D eigenvalue weighted by molar-refractivity contribution is 5.68.